The molecule has 2 N–H and O–H groups in total. The maximum absolute atomic E-state index is 11.7. The fourth-order valence-electron chi connectivity index (χ4n) is 1.60. The van der Waals surface area contributed by atoms with Gasteiger partial charge < -0.3 is 10.5 Å². The van der Waals surface area contributed by atoms with Crippen LogP contribution in [0.2, 0.25) is 0 Å². The summed E-state index contributed by atoms with van der Waals surface area (Å²) in [6, 6.07) is 5.11. The van der Waals surface area contributed by atoms with Gasteiger partial charge >= 0.3 is 5.97 Å². The van der Waals surface area contributed by atoms with Crippen LogP contribution < -0.4 is 5.73 Å². The lowest BCUT2D eigenvalue weighted by Gasteiger charge is -2.20. The van der Waals surface area contributed by atoms with E-state index in [1.807, 2.05) is 25.1 Å². The molecule has 0 aliphatic rings. The van der Waals surface area contributed by atoms with Gasteiger partial charge in [0.1, 0.15) is 0 Å². The van der Waals surface area contributed by atoms with Crippen molar-refractivity contribution in [2.45, 2.75) is 26.3 Å². The zero-order valence-corrected chi connectivity index (χ0v) is 9.72. The van der Waals surface area contributed by atoms with Gasteiger partial charge in [0, 0.05) is 6.20 Å². The summed E-state index contributed by atoms with van der Waals surface area (Å²) in [4.78, 5) is 15.8. The van der Waals surface area contributed by atoms with Crippen LogP contribution in [-0.2, 0) is 9.53 Å². The van der Waals surface area contributed by atoms with E-state index >= 15 is 0 Å². The molecule has 0 aliphatic heterocycles. The van der Waals surface area contributed by atoms with Gasteiger partial charge in [-0.3, -0.25) is 9.78 Å². The molecule has 0 radical (unpaired) electrons. The molecule has 1 heterocycles. The molecule has 0 saturated carbocycles. The van der Waals surface area contributed by atoms with Crippen LogP contribution in [0.25, 0.3) is 0 Å². The Morgan fingerprint density at radius 1 is 1.50 bits per heavy atom. The van der Waals surface area contributed by atoms with E-state index < -0.39 is 6.04 Å². The van der Waals surface area contributed by atoms with Crippen LogP contribution in [0, 0.1) is 5.92 Å². The molecule has 0 amide bonds. The molecule has 4 nitrogen and oxygen atoms in total. The third-order valence-electron chi connectivity index (χ3n) is 2.49. The largest absolute Gasteiger partial charge is 0.466 e. The van der Waals surface area contributed by atoms with Gasteiger partial charge in [-0.25, -0.2) is 0 Å². The van der Waals surface area contributed by atoms with Crippen LogP contribution in [0.1, 0.15) is 32.0 Å². The molecule has 1 rings (SSSR count). The van der Waals surface area contributed by atoms with Crippen LogP contribution in [0.5, 0.6) is 0 Å². The van der Waals surface area contributed by atoms with Gasteiger partial charge in [-0.2, -0.15) is 0 Å². The monoisotopic (exact) mass is 222 g/mol. The summed E-state index contributed by atoms with van der Waals surface area (Å²) in [6.45, 7) is 4.09. The highest BCUT2D eigenvalue weighted by Gasteiger charge is 2.26. The van der Waals surface area contributed by atoms with E-state index in [4.69, 9.17) is 10.5 Å². The summed E-state index contributed by atoms with van der Waals surface area (Å²) in [5.74, 6) is -0.571. The number of ether oxygens (including phenoxy) is 1. The first kappa shape index (κ1) is 12.6. The molecule has 0 saturated heterocycles. The lowest BCUT2D eigenvalue weighted by molar-refractivity contribution is -0.149. The van der Waals surface area contributed by atoms with Gasteiger partial charge in [0.25, 0.3) is 0 Å². The Morgan fingerprint density at radius 3 is 2.75 bits per heavy atom. The van der Waals surface area contributed by atoms with Crippen molar-refractivity contribution < 1.29 is 9.53 Å². The zero-order chi connectivity index (χ0) is 12.0. The van der Waals surface area contributed by atoms with E-state index in [2.05, 4.69) is 4.98 Å². The maximum Gasteiger partial charge on any atom is 0.310 e. The van der Waals surface area contributed by atoms with E-state index in [9.17, 15) is 4.79 Å². The fraction of sp³-hybridized carbons (Fsp3) is 0.500. The summed E-state index contributed by atoms with van der Waals surface area (Å²) >= 11 is 0. The Hall–Kier alpha value is -1.42. The first-order valence-corrected chi connectivity index (χ1v) is 5.53. The number of aromatic nitrogens is 1. The topological polar surface area (TPSA) is 65.2 Å². The molecular formula is C12H18N2O2. The van der Waals surface area contributed by atoms with Crippen LogP contribution in [0.3, 0.4) is 0 Å². The number of carbonyl (C=O) groups excluding carboxylic acids is 1. The van der Waals surface area contributed by atoms with Crippen LogP contribution in [-0.4, -0.2) is 17.6 Å². The van der Waals surface area contributed by atoms with E-state index in [0.29, 0.717) is 13.0 Å². The number of hydrogen-bond donors (Lipinski definition) is 1. The lowest BCUT2D eigenvalue weighted by atomic mass is 9.95. The van der Waals surface area contributed by atoms with E-state index in [1.165, 1.54) is 0 Å². The predicted molar refractivity (Wildman–Crippen MR) is 61.6 cm³/mol. The van der Waals surface area contributed by atoms with Gasteiger partial charge in [-0.05, 0) is 25.5 Å². The second kappa shape index (κ2) is 6.23. The molecule has 0 aliphatic carbocycles. The summed E-state index contributed by atoms with van der Waals surface area (Å²) < 4.78 is 4.99. The zero-order valence-electron chi connectivity index (χ0n) is 9.72. The number of pyridine rings is 1. The molecule has 2 atom stereocenters. The molecule has 1 aromatic heterocycles. The Bertz CT molecular complexity index is 327. The van der Waals surface area contributed by atoms with E-state index in [0.717, 1.165) is 5.69 Å². The molecule has 0 bridgehead atoms. The second-order valence-electron chi connectivity index (χ2n) is 3.55. The van der Waals surface area contributed by atoms with Crippen molar-refractivity contribution in [1.29, 1.82) is 0 Å². The SMILES string of the molecule is CCOC(=O)[C@H](CC)[C@H](N)c1ccccn1. The van der Waals surface area contributed by atoms with Crippen molar-refractivity contribution in [2.75, 3.05) is 6.61 Å². The summed E-state index contributed by atoms with van der Waals surface area (Å²) in [6.07, 6.45) is 2.32. The quantitative estimate of drug-likeness (QED) is 0.770. The average Bonchev–Trinajstić information content (AvgIpc) is 2.31. The molecule has 0 fully saturated rings. The minimum Gasteiger partial charge on any atom is -0.466 e. The van der Waals surface area contributed by atoms with Crippen LogP contribution in [0.4, 0.5) is 0 Å². The van der Waals surface area contributed by atoms with Crippen molar-refractivity contribution in [1.82, 2.24) is 4.98 Å². The number of nitrogens with zero attached hydrogens (tertiary/aromatic N) is 1. The standard InChI is InChI=1S/C12H18N2O2/c1-3-9(12(15)16-4-2)11(13)10-7-5-6-8-14-10/h5-9,11H,3-4,13H2,1-2H3/t9-,11+/m1/s1. The van der Waals surface area contributed by atoms with Crippen molar-refractivity contribution >= 4 is 5.97 Å². The highest BCUT2D eigenvalue weighted by atomic mass is 16.5. The Kier molecular flexibility index (Phi) is 4.92. The first-order valence-electron chi connectivity index (χ1n) is 5.53. The Morgan fingerprint density at radius 2 is 2.25 bits per heavy atom. The predicted octanol–water partition coefficient (Wildman–Crippen LogP) is 1.67. The first-order chi connectivity index (χ1) is 7.70. The van der Waals surface area contributed by atoms with E-state index in [-0.39, 0.29) is 11.9 Å². The smallest absolute Gasteiger partial charge is 0.310 e. The molecule has 0 spiro atoms. The molecule has 1 aromatic rings. The van der Waals surface area contributed by atoms with Gasteiger partial charge in [-0.15, -0.1) is 0 Å². The number of rotatable bonds is 5. The fourth-order valence-corrected chi connectivity index (χ4v) is 1.60. The molecule has 0 aromatic carbocycles. The summed E-state index contributed by atoms with van der Waals surface area (Å²) in [5.41, 5.74) is 6.74. The van der Waals surface area contributed by atoms with Gasteiger partial charge in [0.05, 0.1) is 24.3 Å². The summed E-state index contributed by atoms with van der Waals surface area (Å²) in [5, 5.41) is 0. The van der Waals surface area contributed by atoms with Gasteiger partial charge in [0.2, 0.25) is 0 Å². The van der Waals surface area contributed by atoms with Gasteiger partial charge in [-0.1, -0.05) is 13.0 Å². The number of esters is 1. The minimum atomic E-state index is -0.398. The van der Waals surface area contributed by atoms with Crippen molar-refractivity contribution in [3.63, 3.8) is 0 Å². The van der Waals surface area contributed by atoms with Crippen LogP contribution in [0.15, 0.2) is 24.4 Å². The molecular weight excluding hydrogens is 204 g/mol. The van der Waals surface area contributed by atoms with Crippen molar-refractivity contribution in [3.8, 4) is 0 Å². The Labute approximate surface area is 95.8 Å². The average molecular weight is 222 g/mol. The molecule has 0 unspecified atom stereocenters. The normalized spacial score (nSPS) is 14.2. The number of carbonyl (C=O) groups is 1. The Balaban J connectivity index is 2.77. The third-order valence-corrected chi connectivity index (χ3v) is 2.49. The van der Waals surface area contributed by atoms with E-state index in [1.54, 1.807) is 13.1 Å². The number of hydrogen-bond acceptors (Lipinski definition) is 4. The molecule has 4 heteroatoms. The molecule has 88 valence electrons. The maximum atomic E-state index is 11.7. The summed E-state index contributed by atoms with van der Waals surface area (Å²) in [7, 11) is 0. The van der Waals surface area contributed by atoms with Crippen LogP contribution >= 0.6 is 0 Å². The van der Waals surface area contributed by atoms with Gasteiger partial charge in [0.15, 0.2) is 0 Å². The molecule has 16 heavy (non-hydrogen) atoms. The highest BCUT2D eigenvalue weighted by Crippen LogP contribution is 2.21. The highest BCUT2D eigenvalue weighted by molar-refractivity contribution is 5.73. The third kappa shape index (κ3) is 3.03. The van der Waals surface area contributed by atoms with Crippen molar-refractivity contribution in [3.05, 3.63) is 30.1 Å². The minimum absolute atomic E-state index is 0.247. The van der Waals surface area contributed by atoms with Crippen molar-refractivity contribution in [2.24, 2.45) is 11.7 Å². The number of nitrogens with two attached hydrogens (primary N) is 1. The second-order valence-corrected chi connectivity index (χ2v) is 3.55. The lowest BCUT2D eigenvalue weighted by Crippen LogP contribution is -2.30.